The third-order valence-electron chi connectivity index (χ3n) is 9.50. The molecule has 0 saturated heterocycles. The fourth-order valence-corrected chi connectivity index (χ4v) is 8.36. The Bertz CT molecular complexity index is 1060. The molecule has 4 saturated carbocycles. The molecule has 8 heteroatoms. The van der Waals surface area contributed by atoms with Crippen LogP contribution in [0.3, 0.4) is 0 Å². The molecule has 3 heterocycles. The van der Waals surface area contributed by atoms with E-state index in [0.29, 0.717) is 11.2 Å². The predicted molar refractivity (Wildman–Crippen MR) is 120 cm³/mol. The van der Waals surface area contributed by atoms with Crippen molar-refractivity contribution in [1.29, 1.82) is 0 Å². The van der Waals surface area contributed by atoms with Crippen LogP contribution in [0.15, 0.2) is 6.07 Å². The smallest absolute Gasteiger partial charge is 0.231 e. The van der Waals surface area contributed by atoms with E-state index in [1.807, 2.05) is 0 Å². The lowest BCUT2D eigenvalue weighted by atomic mass is 9.48. The Morgan fingerprint density at radius 2 is 1.85 bits per heavy atom. The highest BCUT2D eigenvalue weighted by molar-refractivity contribution is 5.62. The molecule has 8 nitrogen and oxygen atoms in total. The molecule has 4 bridgehead atoms. The maximum atomic E-state index is 5.92. The van der Waals surface area contributed by atoms with Crippen LogP contribution < -0.4 is 14.2 Å². The topological polar surface area (TPSA) is 74.5 Å². The number of rotatable bonds is 4. The minimum Gasteiger partial charge on any atom is -0.492 e. The molecule has 2 aliphatic heterocycles. The van der Waals surface area contributed by atoms with Crippen LogP contribution in [-0.2, 0) is 6.42 Å². The second-order valence-electron chi connectivity index (χ2n) is 11.3. The van der Waals surface area contributed by atoms with Gasteiger partial charge in [-0.2, -0.15) is 0 Å². The molecule has 1 aromatic carbocycles. The summed E-state index contributed by atoms with van der Waals surface area (Å²) in [5, 5.41) is 13.5. The van der Waals surface area contributed by atoms with Crippen LogP contribution in [0.2, 0.25) is 0 Å². The molecule has 2 aromatic rings. The average molecular weight is 452 g/mol. The first-order valence-corrected chi connectivity index (χ1v) is 12.5. The van der Waals surface area contributed by atoms with Crippen molar-refractivity contribution in [3.05, 3.63) is 23.0 Å². The molecular formula is C25H33N5O3. The van der Waals surface area contributed by atoms with Gasteiger partial charge >= 0.3 is 0 Å². The van der Waals surface area contributed by atoms with Gasteiger partial charge in [0.1, 0.15) is 6.04 Å². The Labute approximate surface area is 194 Å². The molecule has 0 spiro atoms. The number of ether oxygens (including phenoxy) is 3. The number of hydrogen-bond donors (Lipinski definition) is 0. The number of likely N-dealkylation sites (N-methyl/N-ethyl adjacent to an activating group) is 1. The Hall–Kier alpha value is -2.35. The third-order valence-corrected chi connectivity index (χ3v) is 9.50. The van der Waals surface area contributed by atoms with Crippen LogP contribution in [0.25, 0.3) is 0 Å². The van der Waals surface area contributed by atoms with Crippen molar-refractivity contribution < 1.29 is 14.2 Å². The highest BCUT2D eigenvalue weighted by Gasteiger charge is 2.54. The lowest BCUT2D eigenvalue weighted by Crippen LogP contribution is -2.50. The minimum absolute atomic E-state index is 0.0791. The van der Waals surface area contributed by atoms with Gasteiger partial charge in [-0.3, -0.25) is 4.90 Å². The molecule has 8 rings (SSSR count). The maximum Gasteiger partial charge on any atom is 0.231 e. The molecule has 0 amide bonds. The van der Waals surface area contributed by atoms with Gasteiger partial charge in [0, 0.05) is 12.1 Å². The molecule has 1 aromatic heterocycles. The lowest BCUT2D eigenvalue weighted by molar-refractivity contribution is -0.0822. The number of nitrogens with zero attached hydrogens (tertiary/aromatic N) is 5. The van der Waals surface area contributed by atoms with Gasteiger partial charge in [-0.1, -0.05) is 0 Å². The van der Waals surface area contributed by atoms with Crippen molar-refractivity contribution in [2.75, 3.05) is 27.5 Å². The van der Waals surface area contributed by atoms with Gasteiger partial charge < -0.3 is 14.2 Å². The summed E-state index contributed by atoms with van der Waals surface area (Å²) in [4.78, 5) is 2.35. The van der Waals surface area contributed by atoms with Crippen LogP contribution in [0, 0.1) is 23.2 Å². The zero-order chi connectivity index (χ0) is 22.3. The summed E-state index contributed by atoms with van der Waals surface area (Å²) in [5.74, 6) is 5.84. The standard InChI is InChI=1S/C25H33N5O3/c1-14(25-10-15-6-16(11-25)8-17(7-15)12-25)30-24(26-27-28-30)21-20-18(4-5-29(21)2)9-19-22(23(20)31-3)33-13-32-19/h9,14-17,21H,4-8,10-13H2,1-3H3/t14-,15?,16?,17?,21+,25?/m0/s1. The highest BCUT2D eigenvalue weighted by Crippen LogP contribution is 2.64. The van der Waals surface area contributed by atoms with E-state index in [9.17, 15) is 0 Å². The first-order chi connectivity index (χ1) is 16.1. The van der Waals surface area contributed by atoms with Gasteiger partial charge in [-0.25, -0.2) is 4.68 Å². The van der Waals surface area contributed by atoms with Crippen LogP contribution in [0.4, 0.5) is 0 Å². The Kier molecular flexibility index (Phi) is 4.30. The molecule has 176 valence electrons. The average Bonchev–Trinajstić information content (AvgIpc) is 3.45. The maximum absolute atomic E-state index is 5.92. The van der Waals surface area contributed by atoms with E-state index in [1.54, 1.807) is 7.11 Å². The third kappa shape index (κ3) is 2.82. The van der Waals surface area contributed by atoms with E-state index in [1.165, 1.54) is 44.1 Å². The largest absolute Gasteiger partial charge is 0.492 e. The quantitative estimate of drug-likeness (QED) is 0.701. The molecule has 33 heavy (non-hydrogen) atoms. The Morgan fingerprint density at radius 3 is 2.55 bits per heavy atom. The van der Waals surface area contributed by atoms with E-state index in [-0.39, 0.29) is 18.9 Å². The zero-order valence-electron chi connectivity index (χ0n) is 19.8. The number of fused-ring (bicyclic) bond motifs is 2. The van der Waals surface area contributed by atoms with E-state index in [2.05, 4.69) is 45.1 Å². The number of tetrazole rings is 1. The second-order valence-corrected chi connectivity index (χ2v) is 11.3. The summed E-state index contributed by atoms with van der Waals surface area (Å²) in [7, 11) is 3.87. The van der Waals surface area contributed by atoms with Crippen molar-refractivity contribution in [1.82, 2.24) is 25.1 Å². The van der Waals surface area contributed by atoms with Crippen LogP contribution in [0.5, 0.6) is 17.2 Å². The summed E-state index contributed by atoms with van der Waals surface area (Å²) in [5.41, 5.74) is 2.67. The number of hydrogen-bond acceptors (Lipinski definition) is 7. The molecule has 4 fully saturated rings. The molecule has 0 unspecified atom stereocenters. The molecule has 4 aliphatic carbocycles. The number of benzene rings is 1. The van der Waals surface area contributed by atoms with Gasteiger partial charge in [0.15, 0.2) is 17.3 Å². The predicted octanol–water partition coefficient (Wildman–Crippen LogP) is 3.77. The lowest BCUT2D eigenvalue weighted by Gasteiger charge is -2.59. The van der Waals surface area contributed by atoms with Crippen molar-refractivity contribution in [3.63, 3.8) is 0 Å². The first kappa shape index (κ1) is 20.1. The van der Waals surface area contributed by atoms with Crippen molar-refractivity contribution in [2.45, 2.75) is 64.0 Å². The van der Waals surface area contributed by atoms with Crippen molar-refractivity contribution >= 4 is 0 Å². The zero-order valence-corrected chi connectivity index (χ0v) is 19.8. The normalized spacial score (nSPS) is 35.0. The summed E-state index contributed by atoms with van der Waals surface area (Å²) in [6, 6.07) is 2.33. The van der Waals surface area contributed by atoms with Gasteiger partial charge in [-0.15, -0.1) is 5.10 Å². The number of methoxy groups -OCH3 is 1. The van der Waals surface area contributed by atoms with Crippen molar-refractivity contribution in [3.8, 4) is 17.2 Å². The molecular weight excluding hydrogens is 418 g/mol. The highest BCUT2D eigenvalue weighted by atomic mass is 16.7. The van der Waals surface area contributed by atoms with Crippen LogP contribution >= 0.6 is 0 Å². The molecule has 0 radical (unpaired) electrons. The van der Waals surface area contributed by atoms with Gasteiger partial charge in [0.25, 0.3) is 0 Å². The monoisotopic (exact) mass is 451 g/mol. The minimum atomic E-state index is -0.0791. The first-order valence-electron chi connectivity index (χ1n) is 12.5. The van der Waals surface area contributed by atoms with E-state index < -0.39 is 0 Å². The van der Waals surface area contributed by atoms with E-state index >= 15 is 0 Å². The van der Waals surface area contributed by atoms with Crippen molar-refractivity contribution in [2.24, 2.45) is 23.2 Å². The fraction of sp³-hybridized carbons (Fsp3) is 0.720. The summed E-state index contributed by atoms with van der Waals surface area (Å²) in [6.07, 6.45) is 9.25. The summed E-state index contributed by atoms with van der Waals surface area (Å²) in [6.45, 7) is 3.53. The molecule has 0 N–H and O–H groups in total. The summed E-state index contributed by atoms with van der Waals surface area (Å²) < 4.78 is 19.6. The van der Waals surface area contributed by atoms with Gasteiger partial charge in [-0.05, 0) is 104 Å². The number of aromatic nitrogens is 4. The van der Waals surface area contributed by atoms with Crippen LogP contribution in [-0.4, -0.2) is 52.6 Å². The second kappa shape index (κ2) is 7.08. The SMILES string of the molecule is COc1c2c(cc3c1[C@H](c1nnnn1[C@@H](C)C14CC5CC(CC(C5)C1)C4)N(C)CC3)OCO2. The molecule has 6 aliphatic rings. The van der Waals surface area contributed by atoms with Crippen LogP contribution in [0.1, 0.15) is 74.5 Å². The Morgan fingerprint density at radius 1 is 1.12 bits per heavy atom. The Balaban J connectivity index is 1.32. The van der Waals surface area contributed by atoms with E-state index in [4.69, 9.17) is 14.2 Å². The fourth-order valence-electron chi connectivity index (χ4n) is 8.36. The summed E-state index contributed by atoms with van der Waals surface area (Å²) >= 11 is 0. The molecule has 2 atom stereocenters. The van der Waals surface area contributed by atoms with Gasteiger partial charge in [0.2, 0.25) is 12.5 Å². The van der Waals surface area contributed by atoms with Gasteiger partial charge in [0.05, 0.1) is 13.2 Å². The van der Waals surface area contributed by atoms with E-state index in [0.717, 1.165) is 53.6 Å².